The Kier molecular flexibility index (Phi) is 9.23. The zero-order valence-electron chi connectivity index (χ0n) is 23.0. The number of aromatic nitrogens is 2. The summed E-state index contributed by atoms with van der Waals surface area (Å²) in [4.78, 5) is 4.76. The van der Waals surface area contributed by atoms with Crippen LogP contribution in [0.2, 0.25) is 0 Å². The number of hydrogen-bond acceptors (Lipinski definition) is 5. The van der Waals surface area contributed by atoms with Gasteiger partial charge >= 0.3 is 0 Å². The molecule has 206 valence electrons. The Hall–Kier alpha value is -2.75. The van der Waals surface area contributed by atoms with Crippen molar-refractivity contribution in [1.82, 2.24) is 19.0 Å². The van der Waals surface area contributed by atoms with Crippen molar-refractivity contribution in [3.63, 3.8) is 0 Å². The normalized spacial score (nSPS) is 15.1. The number of aryl methyl sites for hydroxylation is 1. The molecule has 1 fully saturated rings. The largest absolute Gasteiger partial charge is 0.354 e. The highest BCUT2D eigenvalue weighted by Crippen LogP contribution is 2.32. The summed E-state index contributed by atoms with van der Waals surface area (Å²) < 4.78 is 44.6. The van der Waals surface area contributed by atoms with E-state index < -0.39 is 10.0 Å². The van der Waals surface area contributed by atoms with Crippen molar-refractivity contribution in [1.29, 1.82) is 0 Å². The molecule has 2 heterocycles. The molecule has 1 aliphatic heterocycles. The van der Waals surface area contributed by atoms with E-state index in [4.69, 9.17) is 5.10 Å². The van der Waals surface area contributed by atoms with E-state index in [0.717, 1.165) is 54.5 Å². The van der Waals surface area contributed by atoms with Gasteiger partial charge < -0.3 is 4.90 Å². The van der Waals surface area contributed by atoms with E-state index in [1.165, 1.54) is 12.1 Å². The highest BCUT2D eigenvalue weighted by Gasteiger charge is 2.31. The fourth-order valence-electron chi connectivity index (χ4n) is 5.09. The van der Waals surface area contributed by atoms with Crippen molar-refractivity contribution < 1.29 is 12.8 Å². The Morgan fingerprint density at radius 1 is 0.974 bits per heavy atom. The number of nitrogens with zero attached hydrogens (tertiary/aromatic N) is 5. The van der Waals surface area contributed by atoms with Crippen molar-refractivity contribution in [2.24, 2.45) is 0 Å². The minimum Gasteiger partial charge on any atom is -0.354 e. The van der Waals surface area contributed by atoms with Crippen LogP contribution >= 0.6 is 0 Å². The summed E-state index contributed by atoms with van der Waals surface area (Å²) in [6.07, 6.45) is 1.38. The molecule has 1 aliphatic rings. The summed E-state index contributed by atoms with van der Waals surface area (Å²) in [6, 6.07) is 16.1. The number of sulfonamides is 1. The van der Waals surface area contributed by atoms with Crippen LogP contribution < -0.4 is 4.90 Å². The first-order valence-corrected chi connectivity index (χ1v) is 15.2. The Morgan fingerprint density at radius 3 is 2.21 bits per heavy atom. The quantitative estimate of drug-likeness (QED) is 0.348. The van der Waals surface area contributed by atoms with Crippen LogP contribution in [0.3, 0.4) is 0 Å². The molecule has 0 N–H and O–H groups in total. The molecular formula is C29H40FN5O2S. The molecule has 0 unspecified atom stereocenters. The molecule has 0 atom stereocenters. The molecule has 0 radical (unpaired) electrons. The standard InChI is InChI=1S/C29H40FN5O2S/c1-5-16-34(38(36,37)22-24-10-8-7-9-11-24)21-27-28(6-2)31-35(26-14-12-25(30)13-15-26)29(27)33-19-17-32(18-20-33)23(3)4/h7-15,23H,5-6,16-22H2,1-4H3. The highest BCUT2D eigenvalue weighted by molar-refractivity contribution is 7.88. The predicted octanol–water partition coefficient (Wildman–Crippen LogP) is 4.85. The van der Waals surface area contributed by atoms with Gasteiger partial charge in [0.25, 0.3) is 0 Å². The first-order chi connectivity index (χ1) is 18.2. The lowest BCUT2D eigenvalue weighted by Gasteiger charge is -2.38. The maximum Gasteiger partial charge on any atom is 0.218 e. The smallest absolute Gasteiger partial charge is 0.218 e. The molecule has 1 saturated heterocycles. The average molecular weight is 542 g/mol. The maximum atomic E-state index is 13.8. The minimum atomic E-state index is -3.57. The van der Waals surface area contributed by atoms with Crippen molar-refractivity contribution >= 4 is 15.8 Å². The number of hydrogen-bond donors (Lipinski definition) is 0. The van der Waals surface area contributed by atoms with Crippen LogP contribution in [0.25, 0.3) is 5.69 Å². The van der Waals surface area contributed by atoms with E-state index in [9.17, 15) is 12.8 Å². The van der Waals surface area contributed by atoms with E-state index in [2.05, 4.69) is 23.6 Å². The van der Waals surface area contributed by atoms with Gasteiger partial charge in [0.15, 0.2) is 0 Å². The summed E-state index contributed by atoms with van der Waals surface area (Å²) >= 11 is 0. The fraction of sp³-hybridized carbons (Fsp3) is 0.483. The number of rotatable bonds is 11. The average Bonchev–Trinajstić information content (AvgIpc) is 3.27. The fourth-order valence-corrected chi connectivity index (χ4v) is 6.67. The third-order valence-corrected chi connectivity index (χ3v) is 8.98. The molecule has 3 aromatic rings. The molecule has 2 aromatic carbocycles. The number of piperazine rings is 1. The lowest BCUT2D eigenvalue weighted by molar-refractivity contribution is 0.208. The first-order valence-electron chi connectivity index (χ1n) is 13.6. The number of halogens is 1. The van der Waals surface area contributed by atoms with Gasteiger partial charge in [0, 0.05) is 50.9 Å². The third-order valence-electron chi connectivity index (χ3n) is 7.18. The van der Waals surface area contributed by atoms with Gasteiger partial charge in [0.1, 0.15) is 11.6 Å². The van der Waals surface area contributed by atoms with E-state index in [-0.39, 0.29) is 18.1 Å². The van der Waals surface area contributed by atoms with Crippen LogP contribution in [0.5, 0.6) is 0 Å². The van der Waals surface area contributed by atoms with Crippen molar-refractivity contribution in [3.05, 3.63) is 77.2 Å². The monoisotopic (exact) mass is 541 g/mol. The number of benzene rings is 2. The molecule has 0 spiro atoms. The zero-order valence-corrected chi connectivity index (χ0v) is 23.8. The second-order valence-corrected chi connectivity index (χ2v) is 12.2. The predicted molar refractivity (Wildman–Crippen MR) is 152 cm³/mol. The first kappa shape index (κ1) is 28.3. The summed E-state index contributed by atoms with van der Waals surface area (Å²) in [5, 5.41) is 4.95. The molecule has 7 nitrogen and oxygen atoms in total. The Bertz CT molecular complexity index is 1280. The van der Waals surface area contributed by atoms with Gasteiger partial charge in [-0.25, -0.2) is 17.5 Å². The Balaban J connectivity index is 1.75. The van der Waals surface area contributed by atoms with E-state index in [1.54, 1.807) is 16.4 Å². The van der Waals surface area contributed by atoms with Gasteiger partial charge in [0.2, 0.25) is 10.0 Å². The highest BCUT2D eigenvalue weighted by atomic mass is 32.2. The molecule has 1 aromatic heterocycles. The van der Waals surface area contributed by atoms with E-state index in [1.807, 2.05) is 48.9 Å². The molecule has 9 heteroatoms. The van der Waals surface area contributed by atoms with Gasteiger partial charge in [-0.05, 0) is 56.5 Å². The van der Waals surface area contributed by atoms with Gasteiger partial charge in [-0.3, -0.25) is 4.90 Å². The Morgan fingerprint density at radius 2 is 1.63 bits per heavy atom. The van der Waals surface area contributed by atoms with Crippen molar-refractivity contribution in [2.45, 2.75) is 58.9 Å². The maximum absolute atomic E-state index is 13.8. The van der Waals surface area contributed by atoms with Crippen LogP contribution in [-0.2, 0) is 28.7 Å². The second-order valence-electron chi connectivity index (χ2n) is 10.2. The molecule has 38 heavy (non-hydrogen) atoms. The van der Waals surface area contributed by atoms with E-state index >= 15 is 0 Å². The third kappa shape index (κ3) is 6.45. The van der Waals surface area contributed by atoms with Crippen LogP contribution in [0, 0.1) is 5.82 Å². The lowest BCUT2D eigenvalue weighted by Crippen LogP contribution is -2.49. The molecule has 0 aliphatic carbocycles. The summed E-state index contributed by atoms with van der Waals surface area (Å²) in [5.41, 5.74) is 3.34. The summed E-state index contributed by atoms with van der Waals surface area (Å²) in [7, 11) is -3.57. The van der Waals surface area contributed by atoms with Crippen molar-refractivity contribution in [2.75, 3.05) is 37.6 Å². The van der Waals surface area contributed by atoms with Crippen molar-refractivity contribution in [3.8, 4) is 5.69 Å². The Labute approximate surface area is 226 Å². The minimum absolute atomic E-state index is 0.0379. The summed E-state index contributed by atoms with van der Waals surface area (Å²) in [5.74, 6) is 0.571. The molecular weight excluding hydrogens is 501 g/mol. The van der Waals surface area contributed by atoms with Crippen LogP contribution in [0.1, 0.15) is 50.9 Å². The topological polar surface area (TPSA) is 61.7 Å². The number of anilines is 1. The molecule has 0 saturated carbocycles. The lowest BCUT2D eigenvalue weighted by atomic mass is 10.1. The van der Waals surface area contributed by atoms with Crippen LogP contribution in [0.4, 0.5) is 10.2 Å². The molecule has 0 bridgehead atoms. The SMILES string of the molecule is CCCN(Cc1c(CC)nn(-c2ccc(F)cc2)c1N1CCN(C(C)C)CC1)S(=O)(=O)Cc1ccccc1. The van der Waals surface area contributed by atoms with Gasteiger partial charge in [0.05, 0.1) is 17.1 Å². The van der Waals surface area contributed by atoms with E-state index in [0.29, 0.717) is 25.4 Å². The summed E-state index contributed by atoms with van der Waals surface area (Å²) in [6.45, 7) is 12.6. The van der Waals surface area contributed by atoms with Gasteiger partial charge in [-0.15, -0.1) is 0 Å². The van der Waals surface area contributed by atoms with Crippen LogP contribution in [-0.4, -0.2) is 66.2 Å². The second kappa shape index (κ2) is 12.4. The molecule has 4 rings (SSSR count). The van der Waals surface area contributed by atoms with Gasteiger partial charge in [-0.2, -0.15) is 9.40 Å². The zero-order chi connectivity index (χ0) is 27.3. The van der Waals surface area contributed by atoms with Crippen LogP contribution in [0.15, 0.2) is 54.6 Å². The molecule has 0 amide bonds. The van der Waals surface area contributed by atoms with Gasteiger partial charge in [-0.1, -0.05) is 44.2 Å².